The van der Waals surface area contributed by atoms with Crippen molar-refractivity contribution < 1.29 is 31.1 Å². The van der Waals surface area contributed by atoms with Gasteiger partial charge in [0.2, 0.25) is 10.0 Å². The summed E-state index contributed by atoms with van der Waals surface area (Å²) in [6, 6.07) is 5.68. The highest BCUT2D eigenvalue weighted by atomic mass is 32.2. The standard InChI is InChI=1S/C16H20F3NO4S/c1-12(11-23-2)25(21,22)20-8-6-13(7-9-20)14-4-3-5-15(10-14)24-16(17,18)19/h3-6,10,12H,7-9,11H2,1-2H3. The molecule has 9 heteroatoms. The molecule has 0 spiro atoms. The number of nitrogens with zero attached hydrogens (tertiary/aromatic N) is 1. The molecule has 25 heavy (non-hydrogen) atoms. The van der Waals surface area contributed by atoms with Crippen LogP contribution < -0.4 is 4.74 Å². The molecule has 1 heterocycles. The Bertz CT molecular complexity index is 731. The third-order valence-corrected chi connectivity index (χ3v) is 6.08. The fourth-order valence-electron chi connectivity index (χ4n) is 2.61. The van der Waals surface area contributed by atoms with Crippen LogP contribution in [-0.2, 0) is 14.8 Å². The molecule has 140 valence electrons. The molecule has 0 fully saturated rings. The van der Waals surface area contributed by atoms with Crippen molar-refractivity contribution in [2.45, 2.75) is 25.0 Å². The highest BCUT2D eigenvalue weighted by Crippen LogP contribution is 2.29. The molecule has 1 aliphatic rings. The molecule has 0 N–H and O–H groups in total. The Labute approximate surface area is 145 Å². The average molecular weight is 379 g/mol. The van der Waals surface area contributed by atoms with Crippen LogP contribution in [0, 0.1) is 0 Å². The van der Waals surface area contributed by atoms with E-state index in [4.69, 9.17) is 4.74 Å². The summed E-state index contributed by atoms with van der Waals surface area (Å²) in [5.41, 5.74) is 1.38. The molecule has 5 nitrogen and oxygen atoms in total. The van der Waals surface area contributed by atoms with Gasteiger partial charge in [0.1, 0.15) is 5.75 Å². The topological polar surface area (TPSA) is 55.8 Å². The van der Waals surface area contributed by atoms with Crippen LogP contribution in [0.25, 0.3) is 5.57 Å². The summed E-state index contributed by atoms with van der Waals surface area (Å²) in [5, 5.41) is -0.657. The predicted molar refractivity (Wildman–Crippen MR) is 87.5 cm³/mol. The van der Waals surface area contributed by atoms with Gasteiger partial charge in [-0.3, -0.25) is 0 Å². The third kappa shape index (κ3) is 5.20. The van der Waals surface area contributed by atoms with Gasteiger partial charge in [0, 0.05) is 20.2 Å². The fraction of sp³-hybridized carbons (Fsp3) is 0.500. The Morgan fingerprint density at radius 2 is 2.04 bits per heavy atom. The summed E-state index contributed by atoms with van der Waals surface area (Å²) >= 11 is 0. The van der Waals surface area contributed by atoms with Crippen molar-refractivity contribution in [3.63, 3.8) is 0 Å². The molecule has 1 aromatic carbocycles. The van der Waals surface area contributed by atoms with Crippen LogP contribution in [-0.4, -0.2) is 51.1 Å². The summed E-state index contributed by atoms with van der Waals surface area (Å²) in [6.45, 7) is 2.13. The predicted octanol–water partition coefficient (Wildman–Crippen LogP) is 3.04. The van der Waals surface area contributed by atoms with E-state index in [-0.39, 0.29) is 25.4 Å². The number of hydrogen-bond acceptors (Lipinski definition) is 4. The number of halogens is 3. The van der Waals surface area contributed by atoms with Crippen LogP contribution in [0.5, 0.6) is 5.75 Å². The summed E-state index contributed by atoms with van der Waals surface area (Å²) in [4.78, 5) is 0. The van der Waals surface area contributed by atoms with Gasteiger partial charge in [-0.2, -0.15) is 4.31 Å². The average Bonchev–Trinajstić information content (AvgIpc) is 2.54. The molecule has 0 radical (unpaired) electrons. The molecule has 0 aromatic heterocycles. The van der Waals surface area contributed by atoms with Crippen LogP contribution >= 0.6 is 0 Å². The first kappa shape index (κ1) is 19.7. The van der Waals surface area contributed by atoms with Crippen molar-refractivity contribution in [2.75, 3.05) is 26.8 Å². The molecule has 2 rings (SSSR count). The summed E-state index contributed by atoms with van der Waals surface area (Å²) in [5.74, 6) is -0.297. The summed E-state index contributed by atoms with van der Waals surface area (Å²) < 4.78 is 71.9. The van der Waals surface area contributed by atoms with Crippen LogP contribution in [0.2, 0.25) is 0 Å². The zero-order chi connectivity index (χ0) is 18.7. The normalized spacial score (nSPS) is 17.9. The quantitative estimate of drug-likeness (QED) is 0.762. The Morgan fingerprint density at radius 3 is 2.60 bits per heavy atom. The molecular weight excluding hydrogens is 359 g/mol. The van der Waals surface area contributed by atoms with E-state index < -0.39 is 21.6 Å². The van der Waals surface area contributed by atoms with Gasteiger partial charge in [-0.15, -0.1) is 13.2 Å². The zero-order valence-corrected chi connectivity index (χ0v) is 14.7. The molecule has 0 amide bonds. The third-order valence-electron chi connectivity index (χ3n) is 3.88. The van der Waals surface area contributed by atoms with E-state index in [0.717, 1.165) is 5.57 Å². The number of sulfonamides is 1. The van der Waals surface area contributed by atoms with Crippen molar-refractivity contribution >= 4 is 15.6 Å². The SMILES string of the molecule is COCC(C)S(=O)(=O)N1CC=C(c2cccc(OC(F)(F)F)c2)CC1. The van der Waals surface area contributed by atoms with Gasteiger partial charge >= 0.3 is 6.36 Å². The van der Waals surface area contributed by atoms with Gasteiger partial charge in [0.25, 0.3) is 0 Å². The molecule has 1 aliphatic heterocycles. The Balaban J connectivity index is 2.12. The second-order valence-corrected chi connectivity index (χ2v) is 8.07. The highest BCUT2D eigenvalue weighted by Gasteiger charge is 2.32. The van der Waals surface area contributed by atoms with Crippen LogP contribution in [0.1, 0.15) is 18.9 Å². The van der Waals surface area contributed by atoms with Crippen LogP contribution in [0.3, 0.4) is 0 Å². The first-order valence-corrected chi connectivity index (χ1v) is 9.17. The number of hydrogen-bond donors (Lipinski definition) is 0. The van der Waals surface area contributed by atoms with Gasteiger partial charge in [-0.1, -0.05) is 18.2 Å². The van der Waals surface area contributed by atoms with Crippen LogP contribution in [0.4, 0.5) is 13.2 Å². The smallest absolute Gasteiger partial charge is 0.406 e. The Kier molecular flexibility index (Phi) is 6.12. The number of methoxy groups -OCH3 is 1. The van der Waals surface area contributed by atoms with Gasteiger partial charge in [-0.05, 0) is 36.6 Å². The monoisotopic (exact) mass is 379 g/mol. The zero-order valence-electron chi connectivity index (χ0n) is 13.9. The second-order valence-electron chi connectivity index (χ2n) is 5.72. The van der Waals surface area contributed by atoms with Gasteiger partial charge in [-0.25, -0.2) is 8.42 Å². The number of rotatable bonds is 6. The highest BCUT2D eigenvalue weighted by molar-refractivity contribution is 7.89. The van der Waals surface area contributed by atoms with Crippen molar-refractivity contribution in [1.29, 1.82) is 0 Å². The van der Waals surface area contributed by atoms with E-state index >= 15 is 0 Å². The fourth-order valence-corrected chi connectivity index (χ4v) is 4.06. The van der Waals surface area contributed by atoms with E-state index in [2.05, 4.69) is 4.74 Å². The lowest BCUT2D eigenvalue weighted by atomic mass is 10.0. The Morgan fingerprint density at radius 1 is 1.32 bits per heavy atom. The minimum Gasteiger partial charge on any atom is -0.406 e. The largest absolute Gasteiger partial charge is 0.573 e. The maximum Gasteiger partial charge on any atom is 0.573 e. The maximum absolute atomic E-state index is 12.4. The van der Waals surface area contributed by atoms with E-state index in [9.17, 15) is 21.6 Å². The van der Waals surface area contributed by atoms with Crippen molar-refractivity contribution in [3.8, 4) is 5.75 Å². The van der Waals surface area contributed by atoms with Crippen molar-refractivity contribution in [2.24, 2.45) is 0 Å². The minimum absolute atomic E-state index is 0.103. The van der Waals surface area contributed by atoms with E-state index in [1.54, 1.807) is 19.1 Å². The molecule has 1 unspecified atom stereocenters. The molecule has 0 aliphatic carbocycles. The number of benzene rings is 1. The first-order valence-electron chi connectivity index (χ1n) is 7.66. The lowest BCUT2D eigenvalue weighted by Crippen LogP contribution is -2.41. The van der Waals surface area contributed by atoms with Crippen LogP contribution in [0.15, 0.2) is 30.3 Å². The minimum atomic E-state index is -4.75. The maximum atomic E-state index is 12.4. The summed E-state index contributed by atoms with van der Waals surface area (Å²) in [7, 11) is -2.03. The molecule has 1 aromatic rings. The molecule has 0 bridgehead atoms. The number of alkyl halides is 3. The lowest BCUT2D eigenvalue weighted by molar-refractivity contribution is -0.274. The van der Waals surface area contributed by atoms with Crippen molar-refractivity contribution in [1.82, 2.24) is 4.31 Å². The van der Waals surface area contributed by atoms with Gasteiger partial charge in [0.15, 0.2) is 0 Å². The second kappa shape index (κ2) is 7.76. The first-order chi connectivity index (χ1) is 11.6. The molecule has 0 saturated heterocycles. The van der Waals surface area contributed by atoms with E-state index in [1.807, 2.05) is 0 Å². The molecule has 0 saturated carbocycles. The molecule has 1 atom stereocenters. The van der Waals surface area contributed by atoms with E-state index in [0.29, 0.717) is 12.0 Å². The van der Waals surface area contributed by atoms with Gasteiger partial charge < -0.3 is 9.47 Å². The Hall–Kier alpha value is -1.58. The molecular formula is C16H20F3NO4S. The lowest BCUT2D eigenvalue weighted by Gasteiger charge is -2.28. The summed E-state index contributed by atoms with van der Waals surface area (Å²) in [6.07, 6.45) is -2.62. The number of ether oxygens (including phenoxy) is 2. The van der Waals surface area contributed by atoms with Crippen molar-refractivity contribution in [3.05, 3.63) is 35.9 Å². The van der Waals surface area contributed by atoms with E-state index in [1.165, 1.54) is 29.6 Å². The van der Waals surface area contributed by atoms with Gasteiger partial charge in [0.05, 0.1) is 11.9 Å².